The number of hydrogen-bond donors (Lipinski definition) is 0. The molecule has 0 amide bonds. The zero-order chi connectivity index (χ0) is 7.11. The highest BCUT2D eigenvalue weighted by Crippen LogP contribution is 2.07. The van der Waals surface area contributed by atoms with Crippen LogP contribution in [0.3, 0.4) is 0 Å². The van der Waals surface area contributed by atoms with Gasteiger partial charge < -0.3 is 0 Å². The molecule has 0 radical (unpaired) electrons. The maximum absolute atomic E-state index is 3.68. The summed E-state index contributed by atoms with van der Waals surface area (Å²) in [6, 6.07) is 0. The predicted molar refractivity (Wildman–Crippen MR) is 43.4 cm³/mol. The number of rotatable bonds is 4. The minimum Gasteiger partial charge on any atom is -0.103 e. The van der Waals surface area contributed by atoms with Crippen molar-refractivity contribution in [1.29, 1.82) is 0 Å². The molecule has 52 valence electrons. The van der Waals surface area contributed by atoms with Crippen LogP contribution in [0.4, 0.5) is 0 Å². The topological polar surface area (TPSA) is 0 Å². The van der Waals surface area contributed by atoms with Crippen molar-refractivity contribution >= 4 is 0 Å². The van der Waals surface area contributed by atoms with Gasteiger partial charge in [-0.15, -0.1) is 6.58 Å². The van der Waals surface area contributed by atoms with Gasteiger partial charge in [0.15, 0.2) is 0 Å². The average molecular weight is 124 g/mol. The molecule has 0 aliphatic rings. The zero-order valence-electron chi connectivity index (χ0n) is 6.43. The lowest BCUT2D eigenvalue weighted by Gasteiger charge is -2.01. The number of allylic oxidation sites excluding steroid dienone is 3. The van der Waals surface area contributed by atoms with Gasteiger partial charge in [-0.05, 0) is 25.7 Å². The molecule has 0 heterocycles. The highest BCUT2D eigenvalue weighted by Gasteiger charge is 1.93. The maximum Gasteiger partial charge on any atom is -0.0322 e. The SMILES string of the molecule is C=CCC(C)C/C=C/C. The molecular formula is C9H16. The molecule has 1 atom stereocenters. The van der Waals surface area contributed by atoms with Crippen molar-refractivity contribution in [2.75, 3.05) is 0 Å². The predicted octanol–water partition coefficient (Wildman–Crippen LogP) is 3.16. The Hall–Kier alpha value is -0.520. The molecule has 0 spiro atoms. The molecule has 0 bridgehead atoms. The average Bonchev–Trinajstić information content (AvgIpc) is 1.85. The van der Waals surface area contributed by atoms with Crippen molar-refractivity contribution < 1.29 is 0 Å². The summed E-state index contributed by atoms with van der Waals surface area (Å²) in [5.74, 6) is 0.763. The fraction of sp³-hybridized carbons (Fsp3) is 0.556. The molecule has 0 aromatic heterocycles. The summed E-state index contributed by atoms with van der Waals surface area (Å²) in [4.78, 5) is 0. The van der Waals surface area contributed by atoms with Crippen LogP contribution in [0.2, 0.25) is 0 Å². The van der Waals surface area contributed by atoms with Crippen LogP contribution < -0.4 is 0 Å². The highest BCUT2D eigenvalue weighted by molar-refractivity contribution is 4.81. The maximum atomic E-state index is 3.68. The summed E-state index contributed by atoms with van der Waals surface area (Å²) in [5.41, 5.74) is 0. The second-order valence-electron chi connectivity index (χ2n) is 2.43. The first kappa shape index (κ1) is 8.48. The Morgan fingerprint density at radius 2 is 2.11 bits per heavy atom. The summed E-state index contributed by atoms with van der Waals surface area (Å²) >= 11 is 0. The summed E-state index contributed by atoms with van der Waals surface area (Å²) < 4.78 is 0. The van der Waals surface area contributed by atoms with E-state index < -0.39 is 0 Å². The Bertz CT molecular complexity index is 90.2. The second kappa shape index (κ2) is 5.61. The van der Waals surface area contributed by atoms with E-state index in [2.05, 4.69) is 32.6 Å². The molecule has 0 aliphatic carbocycles. The third-order valence-electron chi connectivity index (χ3n) is 1.34. The molecule has 0 nitrogen and oxygen atoms in total. The van der Waals surface area contributed by atoms with Crippen LogP contribution in [-0.4, -0.2) is 0 Å². The van der Waals surface area contributed by atoms with E-state index in [-0.39, 0.29) is 0 Å². The lowest BCUT2D eigenvalue weighted by Crippen LogP contribution is -1.88. The Labute approximate surface area is 58.3 Å². The van der Waals surface area contributed by atoms with E-state index in [1.807, 2.05) is 6.08 Å². The third-order valence-corrected chi connectivity index (χ3v) is 1.34. The summed E-state index contributed by atoms with van der Waals surface area (Å²) in [5, 5.41) is 0. The van der Waals surface area contributed by atoms with E-state index in [0.29, 0.717) is 0 Å². The van der Waals surface area contributed by atoms with Crippen molar-refractivity contribution in [1.82, 2.24) is 0 Å². The highest BCUT2D eigenvalue weighted by atomic mass is 14.0. The van der Waals surface area contributed by atoms with E-state index in [1.54, 1.807) is 0 Å². The normalized spacial score (nSPS) is 14.0. The van der Waals surface area contributed by atoms with Gasteiger partial charge in [-0.1, -0.05) is 25.2 Å². The van der Waals surface area contributed by atoms with Gasteiger partial charge in [-0.3, -0.25) is 0 Å². The van der Waals surface area contributed by atoms with E-state index in [9.17, 15) is 0 Å². The molecule has 9 heavy (non-hydrogen) atoms. The van der Waals surface area contributed by atoms with Gasteiger partial charge in [0.25, 0.3) is 0 Å². The quantitative estimate of drug-likeness (QED) is 0.505. The molecule has 0 rings (SSSR count). The summed E-state index contributed by atoms with van der Waals surface area (Å²) in [6.45, 7) is 7.98. The molecule has 0 fully saturated rings. The van der Waals surface area contributed by atoms with Gasteiger partial charge in [0.05, 0.1) is 0 Å². The van der Waals surface area contributed by atoms with Crippen LogP contribution in [0, 0.1) is 5.92 Å². The van der Waals surface area contributed by atoms with Crippen molar-refractivity contribution in [3.05, 3.63) is 24.8 Å². The molecule has 0 saturated heterocycles. The van der Waals surface area contributed by atoms with Gasteiger partial charge in [-0.2, -0.15) is 0 Å². The zero-order valence-corrected chi connectivity index (χ0v) is 6.43. The second-order valence-corrected chi connectivity index (χ2v) is 2.43. The van der Waals surface area contributed by atoms with Crippen molar-refractivity contribution in [2.24, 2.45) is 5.92 Å². The van der Waals surface area contributed by atoms with Gasteiger partial charge in [0.1, 0.15) is 0 Å². The van der Waals surface area contributed by atoms with Crippen LogP contribution in [0.15, 0.2) is 24.8 Å². The molecule has 0 heteroatoms. The first-order chi connectivity index (χ1) is 4.31. The van der Waals surface area contributed by atoms with Crippen LogP contribution >= 0.6 is 0 Å². The van der Waals surface area contributed by atoms with E-state index >= 15 is 0 Å². The molecular weight excluding hydrogens is 108 g/mol. The third kappa shape index (κ3) is 5.35. The van der Waals surface area contributed by atoms with E-state index in [0.717, 1.165) is 12.3 Å². The van der Waals surface area contributed by atoms with Gasteiger partial charge >= 0.3 is 0 Å². The lowest BCUT2D eigenvalue weighted by molar-refractivity contribution is 0.603. The van der Waals surface area contributed by atoms with E-state index in [1.165, 1.54) is 6.42 Å². The van der Waals surface area contributed by atoms with Crippen LogP contribution in [0.25, 0.3) is 0 Å². The van der Waals surface area contributed by atoms with Crippen LogP contribution in [0.5, 0.6) is 0 Å². The smallest absolute Gasteiger partial charge is 0.0322 e. The molecule has 0 saturated carbocycles. The minimum absolute atomic E-state index is 0.763. The molecule has 0 aliphatic heterocycles. The minimum atomic E-state index is 0.763. The Kier molecular flexibility index (Phi) is 5.29. The lowest BCUT2D eigenvalue weighted by atomic mass is 10.0. The van der Waals surface area contributed by atoms with Gasteiger partial charge in [0, 0.05) is 0 Å². The van der Waals surface area contributed by atoms with E-state index in [4.69, 9.17) is 0 Å². The largest absolute Gasteiger partial charge is 0.103 e. The summed E-state index contributed by atoms with van der Waals surface area (Å²) in [6.07, 6.45) is 8.59. The Morgan fingerprint density at radius 1 is 1.44 bits per heavy atom. The molecule has 0 aromatic carbocycles. The van der Waals surface area contributed by atoms with Crippen LogP contribution in [0.1, 0.15) is 26.7 Å². The fourth-order valence-electron chi connectivity index (χ4n) is 0.749. The van der Waals surface area contributed by atoms with Crippen molar-refractivity contribution in [2.45, 2.75) is 26.7 Å². The van der Waals surface area contributed by atoms with Crippen molar-refractivity contribution in [3.63, 3.8) is 0 Å². The number of hydrogen-bond acceptors (Lipinski definition) is 0. The standard InChI is InChI=1S/C9H16/c1-4-6-8-9(3)7-5-2/h4-6,9H,2,7-8H2,1,3H3/b6-4+. The Morgan fingerprint density at radius 3 is 2.56 bits per heavy atom. The first-order valence-electron chi connectivity index (χ1n) is 3.53. The first-order valence-corrected chi connectivity index (χ1v) is 3.53. The molecule has 1 unspecified atom stereocenters. The van der Waals surface area contributed by atoms with Gasteiger partial charge in [-0.25, -0.2) is 0 Å². The summed E-state index contributed by atoms with van der Waals surface area (Å²) in [7, 11) is 0. The van der Waals surface area contributed by atoms with Gasteiger partial charge in [0.2, 0.25) is 0 Å². The van der Waals surface area contributed by atoms with Crippen LogP contribution in [-0.2, 0) is 0 Å². The molecule has 0 N–H and O–H groups in total. The molecule has 0 aromatic rings. The fourth-order valence-corrected chi connectivity index (χ4v) is 0.749. The monoisotopic (exact) mass is 124 g/mol. The van der Waals surface area contributed by atoms with Crippen molar-refractivity contribution in [3.8, 4) is 0 Å². The Balaban J connectivity index is 3.25.